The van der Waals surface area contributed by atoms with Gasteiger partial charge in [-0.15, -0.1) is 0 Å². The smallest absolute Gasteiger partial charge is 0.220 e. The molecule has 0 saturated carbocycles. The third kappa shape index (κ3) is 54.2. The average Bonchev–Trinajstić information content (AvgIpc) is 3.68. The lowest BCUT2D eigenvalue weighted by molar-refractivity contribution is -0.302. The predicted octanol–water partition coefficient (Wildman–Crippen LogP) is 21.2. The molecule has 0 aromatic heterocycles. The second kappa shape index (κ2) is 65.6. The Labute approximate surface area is 528 Å². The van der Waals surface area contributed by atoms with Crippen molar-refractivity contribution in [3.8, 4) is 0 Å². The van der Waals surface area contributed by atoms with Crippen molar-refractivity contribution in [1.29, 1.82) is 0 Å². The molecule has 7 unspecified atom stereocenters. The van der Waals surface area contributed by atoms with Crippen LogP contribution in [0.2, 0.25) is 0 Å². The van der Waals surface area contributed by atoms with E-state index in [1.807, 2.05) is 6.08 Å². The van der Waals surface area contributed by atoms with Gasteiger partial charge in [-0.2, -0.15) is 0 Å². The number of allylic oxidation sites excluding steroid dienone is 3. The van der Waals surface area contributed by atoms with Crippen LogP contribution in [-0.2, 0) is 14.3 Å². The Morgan fingerprint density at radius 2 is 0.671 bits per heavy atom. The van der Waals surface area contributed by atoms with Gasteiger partial charge >= 0.3 is 0 Å². The molecule has 0 bridgehead atoms. The summed E-state index contributed by atoms with van der Waals surface area (Å²) in [4.78, 5) is 13.1. The van der Waals surface area contributed by atoms with Gasteiger partial charge in [0.15, 0.2) is 6.29 Å². The van der Waals surface area contributed by atoms with Gasteiger partial charge < -0.3 is 40.3 Å². The fourth-order valence-corrected chi connectivity index (χ4v) is 12.6. The third-order valence-corrected chi connectivity index (χ3v) is 18.5. The van der Waals surface area contributed by atoms with E-state index >= 15 is 0 Å². The number of unbranched alkanes of at least 4 members (excludes halogenated alkanes) is 56. The van der Waals surface area contributed by atoms with Gasteiger partial charge in [-0.3, -0.25) is 4.79 Å². The molecule has 1 heterocycles. The molecule has 0 aromatic rings. The van der Waals surface area contributed by atoms with E-state index in [0.717, 1.165) is 38.5 Å². The Bertz CT molecular complexity index is 1390. The second-order valence-corrected chi connectivity index (χ2v) is 26.8. The van der Waals surface area contributed by atoms with Crippen molar-refractivity contribution in [3.63, 3.8) is 0 Å². The van der Waals surface area contributed by atoms with E-state index in [1.54, 1.807) is 6.08 Å². The third-order valence-electron chi connectivity index (χ3n) is 18.5. The summed E-state index contributed by atoms with van der Waals surface area (Å²) in [6.45, 7) is 3.83. The van der Waals surface area contributed by atoms with E-state index in [4.69, 9.17) is 9.47 Å². The first-order chi connectivity index (χ1) is 41.8. The van der Waals surface area contributed by atoms with E-state index < -0.39 is 49.5 Å². The Morgan fingerprint density at radius 3 is 0.988 bits per heavy atom. The topological polar surface area (TPSA) is 149 Å². The van der Waals surface area contributed by atoms with Crippen LogP contribution in [-0.4, -0.2) is 87.5 Å². The van der Waals surface area contributed by atoms with E-state index in [9.17, 15) is 30.3 Å². The van der Waals surface area contributed by atoms with E-state index in [-0.39, 0.29) is 12.5 Å². The Hall–Kier alpha value is -1.33. The maximum atomic E-state index is 13.1. The summed E-state index contributed by atoms with van der Waals surface area (Å²) in [6, 6.07) is -0.820. The molecule has 0 radical (unpaired) electrons. The molecule has 1 rings (SSSR count). The summed E-state index contributed by atoms with van der Waals surface area (Å²) in [6.07, 6.45) is 80.4. The van der Waals surface area contributed by atoms with Gasteiger partial charge in [0.2, 0.25) is 5.91 Å². The van der Waals surface area contributed by atoms with Crippen molar-refractivity contribution in [2.24, 2.45) is 0 Å². The number of carbonyl (C=O) groups excluding carboxylic acids is 1. The van der Waals surface area contributed by atoms with Crippen LogP contribution in [0.4, 0.5) is 0 Å². The predicted molar refractivity (Wildman–Crippen MR) is 364 cm³/mol. The zero-order valence-electron chi connectivity index (χ0n) is 56.7. The highest BCUT2D eigenvalue weighted by molar-refractivity contribution is 5.76. The van der Waals surface area contributed by atoms with Crippen LogP contribution in [0.1, 0.15) is 399 Å². The largest absolute Gasteiger partial charge is 0.394 e. The Morgan fingerprint density at radius 1 is 0.388 bits per heavy atom. The molecule has 1 aliphatic heterocycles. The lowest BCUT2D eigenvalue weighted by Gasteiger charge is -2.40. The number of hydrogen-bond acceptors (Lipinski definition) is 8. The molecule has 9 nitrogen and oxygen atoms in total. The van der Waals surface area contributed by atoms with Crippen LogP contribution in [0.15, 0.2) is 24.3 Å². The molecule has 504 valence electrons. The van der Waals surface area contributed by atoms with E-state index in [2.05, 4.69) is 31.3 Å². The summed E-state index contributed by atoms with van der Waals surface area (Å²) in [5.41, 5.74) is 0. The molecule has 6 N–H and O–H groups in total. The van der Waals surface area contributed by atoms with Crippen LogP contribution in [0.5, 0.6) is 0 Å². The van der Waals surface area contributed by atoms with Crippen molar-refractivity contribution in [2.45, 2.75) is 442 Å². The monoisotopic (exact) mass is 1200 g/mol. The van der Waals surface area contributed by atoms with Crippen LogP contribution >= 0.6 is 0 Å². The number of ether oxygens (including phenoxy) is 2. The van der Waals surface area contributed by atoms with Crippen molar-refractivity contribution in [1.82, 2.24) is 5.32 Å². The van der Waals surface area contributed by atoms with Gasteiger partial charge in [0.1, 0.15) is 24.4 Å². The summed E-state index contributed by atoms with van der Waals surface area (Å²) in [7, 11) is 0. The highest BCUT2D eigenvalue weighted by Crippen LogP contribution is 2.24. The molecule has 1 saturated heterocycles. The Kier molecular flexibility index (Phi) is 63.1. The lowest BCUT2D eigenvalue weighted by Crippen LogP contribution is -2.60. The minimum Gasteiger partial charge on any atom is -0.394 e. The second-order valence-electron chi connectivity index (χ2n) is 26.8. The van der Waals surface area contributed by atoms with Gasteiger partial charge in [0.25, 0.3) is 0 Å². The lowest BCUT2D eigenvalue weighted by atomic mass is 9.99. The number of amides is 1. The molecule has 85 heavy (non-hydrogen) atoms. The fraction of sp³-hybridized carbons (Fsp3) is 0.934. The van der Waals surface area contributed by atoms with Crippen LogP contribution in [0.3, 0.4) is 0 Å². The Balaban J connectivity index is 2.07. The SMILES string of the molecule is CCCCCCCCCCCCCCCCCCCCC/C=C/CC/C=C/C(O)C(COC1OC(CO)C(O)C(O)C1O)NC(=O)CCCCCCCCCCCCCCCCCCCCCCCCCCCCCCCCCCCCCCC. The zero-order chi connectivity index (χ0) is 61.4. The maximum absolute atomic E-state index is 13.1. The highest BCUT2D eigenvalue weighted by Gasteiger charge is 2.44. The normalized spacial score (nSPS) is 18.1. The quantitative estimate of drug-likeness (QED) is 0.0261. The summed E-state index contributed by atoms with van der Waals surface area (Å²) in [5.74, 6) is -0.177. The maximum Gasteiger partial charge on any atom is 0.220 e. The summed E-state index contributed by atoms with van der Waals surface area (Å²) in [5, 5.41) is 54.8. The van der Waals surface area contributed by atoms with E-state index in [1.165, 1.54) is 340 Å². The number of hydrogen-bond donors (Lipinski definition) is 6. The van der Waals surface area contributed by atoms with Crippen LogP contribution < -0.4 is 5.32 Å². The van der Waals surface area contributed by atoms with Crippen molar-refractivity contribution in [3.05, 3.63) is 24.3 Å². The van der Waals surface area contributed by atoms with Crippen molar-refractivity contribution >= 4 is 5.91 Å². The standard InChI is InChI=1S/C76H147NO8/c1-3-5-7-9-11-13-15-17-19-21-23-25-27-29-30-31-32-33-34-35-36-37-38-39-40-42-44-46-48-50-52-54-56-58-60-62-64-66-72(80)77-69(68-84-76-75(83)74(82)73(81)71(67-78)85-76)70(79)65-63-61-59-57-55-53-51-49-47-45-43-41-28-26-24-22-20-18-16-14-12-10-8-6-4-2/h55,57,63,65,69-71,73-76,78-79,81-83H,3-54,56,58-62,64,66-68H2,1-2H3,(H,77,80)/b57-55+,65-63+. The van der Waals surface area contributed by atoms with Gasteiger partial charge in [0, 0.05) is 6.42 Å². The summed E-state index contributed by atoms with van der Waals surface area (Å²) < 4.78 is 11.3. The molecule has 7 atom stereocenters. The van der Waals surface area contributed by atoms with Gasteiger partial charge in [0.05, 0.1) is 25.4 Å². The van der Waals surface area contributed by atoms with Crippen LogP contribution in [0, 0.1) is 0 Å². The van der Waals surface area contributed by atoms with Crippen molar-refractivity contribution < 1.29 is 39.8 Å². The number of nitrogens with one attached hydrogen (secondary N) is 1. The molecule has 1 amide bonds. The zero-order valence-corrected chi connectivity index (χ0v) is 56.7. The molecular weight excluding hydrogens is 1050 g/mol. The highest BCUT2D eigenvalue weighted by atomic mass is 16.7. The molecule has 0 aromatic carbocycles. The minimum atomic E-state index is -1.57. The van der Waals surface area contributed by atoms with E-state index in [0.29, 0.717) is 6.42 Å². The van der Waals surface area contributed by atoms with Crippen LogP contribution in [0.25, 0.3) is 0 Å². The van der Waals surface area contributed by atoms with Gasteiger partial charge in [-0.25, -0.2) is 0 Å². The fourth-order valence-electron chi connectivity index (χ4n) is 12.6. The average molecular weight is 1200 g/mol. The first-order valence-corrected chi connectivity index (χ1v) is 38.1. The number of aliphatic hydroxyl groups is 5. The number of aliphatic hydroxyl groups excluding tert-OH is 5. The first kappa shape index (κ1) is 81.7. The first-order valence-electron chi connectivity index (χ1n) is 38.1. The molecule has 1 aliphatic rings. The minimum absolute atomic E-state index is 0.177. The molecule has 0 spiro atoms. The number of rotatable bonds is 68. The molecule has 9 heteroatoms. The molecule has 0 aliphatic carbocycles. The van der Waals surface area contributed by atoms with Gasteiger partial charge in [-0.1, -0.05) is 385 Å². The summed E-state index contributed by atoms with van der Waals surface area (Å²) >= 11 is 0. The van der Waals surface area contributed by atoms with Gasteiger partial charge in [-0.05, 0) is 32.1 Å². The van der Waals surface area contributed by atoms with Crippen molar-refractivity contribution in [2.75, 3.05) is 13.2 Å². The number of carbonyl (C=O) groups is 1. The molecule has 1 fully saturated rings. The molecular formula is C76H147NO8.